The predicted octanol–water partition coefficient (Wildman–Crippen LogP) is 5.51. The third kappa shape index (κ3) is 4.31. The fraction of sp³-hybridized carbons (Fsp3) is 0.0465. The molecule has 0 aliphatic carbocycles. The highest BCUT2D eigenvalue weighted by atomic mass is 28.3. The van der Waals surface area contributed by atoms with E-state index in [1.807, 2.05) is 0 Å². The molecule has 0 atom stereocenters. The van der Waals surface area contributed by atoms with E-state index in [9.17, 15) is 0 Å². The molecule has 0 fully saturated rings. The second kappa shape index (κ2) is 11.4. The zero-order chi connectivity index (χ0) is 31.1. The Balaban J connectivity index is 1.29. The van der Waals surface area contributed by atoms with Crippen LogP contribution in [-0.4, -0.2) is 21.1 Å². The molecule has 0 saturated carbocycles. The molecule has 2 heterocycles. The van der Waals surface area contributed by atoms with Crippen molar-refractivity contribution in [1.29, 1.82) is 0 Å². The van der Waals surface area contributed by atoms with Gasteiger partial charge in [-0.15, -0.1) is 0 Å². The first-order valence-corrected chi connectivity index (χ1v) is 20.6. The lowest BCUT2D eigenvalue weighted by Crippen LogP contribution is -2.72. The van der Waals surface area contributed by atoms with E-state index < -0.39 is 16.1 Å². The summed E-state index contributed by atoms with van der Waals surface area (Å²) in [6.45, 7) is 4.73. The Morgan fingerprint density at radius 2 is 1.00 bits per heavy atom. The second-order valence-electron chi connectivity index (χ2n) is 12.5. The minimum absolute atomic E-state index is 1.03. The first-order valence-electron chi connectivity index (χ1n) is 16.1. The minimum Gasteiger partial charge on any atom is -0.256 e. The number of rotatable bonds is 6. The Kier molecular flexibility index (Phi) is 7.01. The van der Waals surface area contributed by atoms with Crippen molar-refractivity contribution in [1.82, 2.24) is 4.98 Å². The predicted molar refractivity (Wildman–Crippen MR) is 200 cm³/mol. The zero-order valence-corrected chi connectivity index (χ0v) is 28.2. The van der Waals surface area contributed by atoms with Crippen LogP contribution in [0.2, 0.25) is 6.55 Å². The van der Waals surface area contributed by atoms with Crippen LogP contribution in [0, 0.1) is 6.92 Å². The maximum Gasteiger partial charge on any atom is 0.180 e. The topological polar surface area (TPSA) is 12.9 Å². The van der Waals surface area contributed by atoms with Gasteiger partial charge in [0, 0.05) is 11.8 Å². The molecule has 0 N–H and O–H groups in total. The molecule has 220 valence electrons. The largest absolute Gasteiger partial charge is 0.256 e. The molecule has 1 aromatic heterocycles. The number of hydrogen-bond donors (Lipinski definition) is 0. The summed E-state index contributed by atoms with van der Waals surface area (Å²) in [6.07, 6.45) is 2.17. The standard InChI is InChI=1S/C43H35NSi2/c1-32-29-40(44-31-43(32)45(2,34-17-7-3-8-18-34)35-19-9-4-10-20-35)33-27-28-42-39(30-33)38-25-15-16-26-41(38)46(42,36-21-11-5-12-22-36)37-23-13-6-14-24-37/h3-31H,1-2H3. The van der Waals surface area contributed by atoms with Crippen LogP contribution in [0.15, 0.2) is 176 Å². The van der Waals surface area contributed by atoms with E-state index in [1.165, 1.54) is 53.0 Å². The molecular formula is C43H35NSi2. The van der Waals surface area contributed by atoms with Gasteiger partial charge in [0.05, 0.1) is 5.69 Å². The van der Waals surface area contributed by atoms with E-state index in [0.717, 1.165) is 11.3 Å². The smallest absolute Gasteiger partial charge is 0.180 e. The van der Waals surface area contributed by atoms with E-state index in [4.69, 9.17) is 4.98 Å². The molecule has 3 heteroatoms. The fourth-order valence-electron chi connectivity index (χ4n) is 7.87. The molecule has 0 unspecified atom stereocenters. The van der Waals surface area contributed by atoms with Crippen molar-refractivity contribution >= 4 is 52.5 Å². The Bertz CT molecular complexity index is 2080. The van der Waals surface area contributed by atoms with Gasteiger partial charge in [-0.1, -0.05) is 164 Å². The highest BCUT2D eigenvalue weighted by molar-refractivity contribution is 7.22. The Hall–Kier alpha value is -5.10. The summed E-state index contributed by atoms with van der Waals surface area (Å²) in [5, 5.41) is 9.92. The molecule has 0 saturated heterocycles. The number of hydrogen-bond acceptors (Lipinski definition) is 1. The number of aromatic nitrogens is 1. The highest BCUT2D eigenvalue weighted by Gasteiger charge is 2.48. The van der Waals surface area contributed by atoms with Crippen LogP contribution in [0.1, 0.15) is 5.56 Å². The summed E-state index contributed by atoms with van der Waals surface area (Å²) in [7, 11) is -4.75. The maximum atomic E-state index is 5.21. The summed E-state index contributed by atoms with van der Waals surface area (Å²) >= 11 is 0. The third-order valence-electron chi connectivity index (χ3n) is 10.1. The van der Waals surface area contributed by atoms with Crippen LogP contribution >= 0.6 is 0 Å². The molecular weight excluding hydrogens is 587 g/mol. The van der Waals surface area contributed by atoms with Gasteiger partial charge in [0.1, 0.15) is 8.07 Å². The Labute approximate surface area is 273 Å². The van der Waals surface area contributed by atoms with Gasteiger partial charge in [0.15, 0.2) is 8.07 Å². The first-order chi connectivity index (χ1) is 22.6. The lowest BCUT2D eigenvalue weighted by Gasteiger charge is -2.31. The van der Waals surface area contributed by atoms with E-state index in [1.54, 1.807) is 0 Å². The van der Waals surface area contributed by atoms with E-state index in [-0.39, 0.29) is 0 Å². The number of benzene rings is 6. The summed E-state index contributed by atoms with van der Waals surface area (Å²) < 4.78 is 0. The zero-order valence-electron chi connectivity index (χ0n) is 26.2. The van der Waals surface area contributed by atoms with Gasteiger partial charge in [-0.2, -0.15) is 0 Å². The average molecular weight is 622 g/mol. The van der Waals surface area contributed by atoms with Gasteiger partial charge in [-0.05, 0) is 72.1 Å². The fourth-order valence-corrected chi connectivity index (χ4v) is 16.9. The molecule has 7 aromatic rings. The monoisotopic (exact) mass is 621 g/mol. The lowest BCUT2D eigenvalue weighted by molar-refractivity contribution is 1.31. The number of nitrogens with zero attached hydrogens (tertiary/aromatic N) is 1. The van der Waals surface area contributed by atoms with Crippen LogP contribution in [-0.2, 0) is 0 Å². The van der Waals surface area contributed by atoms with Gasteiger partial charge >= 0.3 is 0 Å². The van der Waals surface area contributed by atoms with Crippen molar-refractivity contribution in [3.05, 3.63) is 182 Å². The Morgan fingerprint density at radius 3 is 1.57 bits per heavy atom. The van der Waals surface area contributed by atoms with Crippen molar-refractivity contribution in [2.45, 2.75) is 13.5 Å². The molecule has 0 bridgehead atoms. The van der Waals surface area contributed by atoms with Crippen molar-refractivity contribution in [2.24, 2.45) is 0 Å². The van der Waals surface area contributed by atoms with Gasteiger partial charge in [0.2, 0.25) is 0 Å². The van der Waals surface area contributed by atoms with Crippen LogP contribution < -0.4 is 36.3 Å². The van der Waals surface area contributed by atoms with Crippen molar-refractivity contribution < 1.29 is 0 Å². The normalized spacial score (nSPS) is 13.2. The molecule has 0 amide bonds. The Morgan fingerprint density at radius 1 is 0.500 bits per heavy atom. The number of pyridine rings is 1. The first kappa shape index (κ1) is 28.4. The van der Waals surface area contributed by atoms with Crippen molar-refractivity contribution in [3.63, 3.8) is 0 Å². The summed E-state index contributed by atoms with van der Waals surface area (Å²) in [5.74, 6) is 0. The highest BCUT2D eigenvalue weighted by Crippen LogP contribution is 2.32. The van der Waals surface area contributed by atoms with Gasteiger partial charge in [-0.25, -0.2) is 0 Å². The molecule has 0 spiro atoms. The number of aryl methyl sites for hydroxylation is 1. The van der Waals surface area contributed by atoms with Crippen LogP contribution in [0.25, 0.3) is 22.4 Å². The van der Waals surface area contributed by atoms with Crippen LogP contribution in [0.3, 0.4) is 0 Å². The van der Waals surface area contributed by atoms with Gasteiger partial charge in [0.25, 0.3) is 0 Å². The van der Waals surface area contributed by atoms with E-state index in [2.05, 4.69) is 190 Å². The number of fused-ring (bicyclic) bond motifs is 3. The van der Waals surface area contributed by atoms with E-state index >= 15 is 0 Å². The average Bonchev–Trinajstić information content (AvgIpc) is 3.43. The maximum absolute atomic E-state index is 5.21. The summed E-state index contributed by atoms with van der Waals surface area (Å²) in [4.78, 5) is 5.21. The minimum atomic E-state index is -2.48. The SMILES string of the molecule is Cc1cc(-c2ccc3c(c2)-c2ccccc2[Si]3(c2ccccc2)c2ccccc2)ncc1[Si](C)(c1ccccc1)c1ccccc1. The van der Waals surface area contributed by atoms with Gasteiger partial charge in [-0.3, -0.25) is 4.98 Å². The van der Waals surface area contributed by atoms with Crippen molar-refractivity contribution in [2.75, 3.05) is 0 Å². The molecule has 1 nitrogen and oxygen atoms in total. The molecule has 1 aliphatic heterocycles. The van der Waals surface area contributed by atoms with Gasteiger partial charge < -0.3 is 0 Å². The van der Waals surface area contributed by atoms with E-state index in [0.29, 0.717) is 0 Å². The lowest BCUT2D eigenvalue weighted by atomic mass is 10.0. The molecule has 8 rings (SSSR count). The third-order valence-corrected chi connectivity index (χ3v) is 19.6. The van der Waals surface area contributed by atoms with Crippen LogP contribution in [0.5, 0.6) is 0 Å². The second-order valence-corrected chi connectivity index (χ2v) is 20.2. The molecule has 0 radical (unpaired) electrons. The molecule has 1 aliphatic rings. The van der Waals surface area contributed by atoms with Crippen molar-refractivity contribution in [3.8, 4) is 22.4 Å². The van der Waals surface area contributed by atoms with Crippen LogP contribution in [0.4, 0.5) is 0 Å². The molecule has 6 aromatic carbocycles. The summed E-state index contributed by atoms with van der Waals surface area (Å²) in [5.41, 5.74) is 6.17. The molecule has 46 heavy (non-hydrogen) atoms. The summed E-state index contributed by atoms with van der Waals surface area (Å²) in [6, 6.07) is 62.9. The quantitative estimate of drug-likeness (QED) is 0.223.